The molecule has 4 N–H and O–H groups in total. The van der Waals surface area contributed by atoms with E-state index >= 15 is 0 Å². The number of halogens is 5. The Morgan fingerprint density at radius 3 is 2.52 bits per heavy atom. The molecule has 7 nitrogen and oxygen atoms in total. The van der Waals surface area contributed by atoms with Gasteiger partial charge in [0.05, 0.1) is 35.1 Å². The number of benzene rings is 1. The number of nitrogens with one attached hydrogen (secondary N) is 2. The summed E-state index contributed by atoms with van der Waals surface area (Å²) in [4.78, 5) is 23.0. The Kier molecular flexibility index (Phi) is 7.64. The van der Waals surface area contributed by atoms with Gasteiger partial charge in [0, 0.05) is 6.07 Å². The maximum Gasteiger partial charge on any atom is 0.416 e. The van der Waals surface area contributed by atoms with Crippen LogP contribution in [0.4, 0.5) is 19.0 Å². The molecule has 1 aromatic heterocycles. The largest absolute Gasteiger partial charge is 0.416 e. The van der Waals surface area contributed by atoms with Gasteiger partial charge in [0.15, 0.2) is 0 Å². The Morgan fingerprint density at radius 1 is 1.26 bits per heavy atom. The van der Waals surface area contributed by atoms with Crippen LogP contribution in [0.3, 0.4) is 0 Å². The number of carbonyl (C=O) groups is 2. The predicted octanol–water partition coefficient (Wildman–Crippen LogP) is 2.29. The number of alkyl halides is 3. The molecule has 2 amide bonds. The van der Waals surface area contributed by atoms with E-state index in [4.69, 9.17) is 17.3 Å². The van der Waals surface area contributed by atoms with Crippen LogP contribution in [0.1, 0.15) is 11.3 Å². The number of aryl methyl sites for hydroxylation is 1. The van der Waals surface area contributed by atoms with Crippen LogP contribution in [-0.4, -0.2) is 34.7 Å². The quantitative estimate of drug-likeness (QED) is 0.683. The van der Waals surface area contributed by atoms with Crippen molar-refractivity contribution in [1.82, 2.24) is 15.1 Å². The van der Waals surface area contributed by atoms with Crippen molar-refractivity contribution in [2.45, 2.75) is 13.1 Å². The first-order valence-corrected chi connectivity index (χ1v) is 7.70. The van der Waals surface area contributed by atoms with Gasteiger partial charge >= 0.3 is 6.18 Å². The normalized spacial score (nSPS) is 10.9. The van der Waals surface area contributed by atoms with Gasteiger partial charge in [-0.2, -0.15) is 18.3 Å². The summed E-state index contributed by atoms with van der Waals surface area (Å²) in [6, 6.07) is 4.24. The molecule has 0 aliphatic carbocycles. The maximum absolute atomic E-state index is 12.9. The van der Waals surface area contributed by atoms with Gasteiger partial charge in [-0.1, -0.05) is 11.6 Å². The zero-order valence-corrected chi connectivity index (χ0v) is 15.5. The lowest BCUT2D eigenvalue weighted by Gasteiger charge is -2.13. The number of amides is 2. The molecule has 0 saturated carbocycles. The molecule has 0 fully saturated rings. The van der Waals surface area contributed by atoms with Gasteiger partial charge in [-0.25, -0.2) is 4.68 Å². The van der Waals surface area contributed by atoms with Crippen molar-refractivity contribution in [2.75, 3.05) is 18.4 Å². The first kappa shape index (κ1) is 22.7. The summed E-state index contributed by atoms with van der Waals surface area (Å²) in [6.07, 6.45) is -4.56. The Bertz CT molecular complexity index is 839. The van der Waals surface area contributed by atoms with Crippen molar-refractivity contribution in [3.63, 3.8) is 0 Å². The highest BCUT2D eigenvalue weighted by atomic mass is 35.5. The van der Waals surface area contributed by atoms with E-state index in [1.54, 1.807) is 6.92 Å². The van der Waals surface area contributed by atoms with E-state index in [1.807, 2.05) is 0 Å². The third-order valence-corrected chi connectivity index (χ3v) is 3.55. The molecule has 12 heteroatoms. The number of nitrogens with two attached hydrogens (primary N) is 1. The van der Waals surface area contributed by atoms with Crippen LogP contribution in [0, 0.1) is 6.92 Å². The number of rotatable bonds is 5. The number of hydrogen-bond donors (Lipinski definition) is 3. The van der Waals surface area contributed by atoms with E-state index in [9.17, 15) is 22.8 Å². The van der Waals surface area contributed by atoms with E-state index < -0.39 is 23.6 Å². The molecule has 148 valence electrons. The molecule has 1 aromatic carbocycles. The summed E-state index contributed by atoms with van der Waals surface area (Å²) in [7, 11) is 0. The molecule has 1 heterocycles. The van der Waals surface area contributed by atoms with E-state index in [-0.39, 0.29) is 42.0 Å². The topological polar surface area (TPSA) is 102 Å². The second-order valence-electron chi connectivity index (χ2n) is 5.28. The van der Waals surface area contributed by atoms with Gasteiger partial charge < -0.3 is 16.4 Å². The summed E-state index contributed by atoms with van der Waals surface area (Å²) < 4.78 is 39.9. The van der Waals surface area contributed by atoms with E-state index in [1.165, 1.54) is 6.07 Å². The smallest absolute Gasteiger partial charge is 0.346 e. The Labute approximate surface area is 163 Å². The number of aromatic nitrogens is 2. The fraction of sp³-hybridized carbons (Fsp3) is 0.267. The van der Waals surface area contributed by atoms with Crippen LogP contribution >= 0.6 is 24.0 Å². The average Bonchev–Trinajstić information content (AvgIpc) is 2.92. The SMILES string of the molecule is Cc1cc(NC(=O)CNC(=O)CN)n(-c2cc(C(F)(F)F)ccc2Cl)n1.Cl. The zero-order chi connectivity index (χ0) is 19.5. The Hall–Kier alpha value is -2.30. The van der Waals surface area contributed by atoms with Crippen molar-refractivity contribution in [1.29, 1.82) is 0 Å². The molecular formula is C15H16Cl2F3N5O2. The molecule has 0 saturated heterocycles. The van der Waals surface area contributed by atoms with Gasteiger partial charge in [0.2, 0.25) is 11.8 Å². The average molecular weight is 426 g/mol. The van der Waals surface area contributed by atoms with Gasteiger partial charge in [0.25, 0.3) is 0 Å². The molecular weight excluding hydrogens is 410 g/mol. The number of hydrogen-bond acceptors (Lipinski definition) is 4. The van der Waals surface area contributed by atoms with Crippen molar-refractivity contribution in [3.05, 3.63) is 40.5 Å². The lowest BCUT2D eigenvalue weighted by atomic mass is 10.2. The molecule has 0 unspecified atom stereocenters. The molecule has 0 aliphatic heterocycles. The first-order valence-electron chi connectivity index (χ1n) is 7.32. The van der Waals surface area contributed by atoms with Gasteiger partial charge in [-0.15, -0.1) is 12.4 Å². The van der Waals surface area contributed by atoms with Gasteiger partial charge in [0.1, 0.15) is 5.82 Å². The Morgan fingerprint density at radius 2 is 1.93 bits per heavy atom. The summed E-state index contributed by atoms with van der Waals surface area (Å²) in [5, 5.41) is 8.83. The standard InChI is InChI=1S/C15H15ClF3N5O2.ClH/c1-8-4-12(22-14(26)7-21-13(25)6-20)24(23-8)11-5-9(15(17,18)19)2-3-10(11)16;/h2-5H,6-7,20H2,1H3,(H,21,25)(H,22,26);1H. The minimum atomic E-state index is -4.56. The summed E-state index contributed by atoms with van der Waals surface area (Å²) in [6.45, 7) is 0.977. The summed E-state index contributed by atoms with van der Waals surface area (Å²) >= 11 is 6.01. The molecule has 0 radical (unpaired) electrons. The minimum Gasteiger partial charge on any atom is -0.346 e. The monoisotopic (exact) mass is 425 g/mol. The molecule has 2 rings (SSSR count). The summed E-state index contributed by atoms with van der Waals surface area (Å²) in [5.74, 6) is -1.02. The fourth-order valence-corrected chi connectivity index (χ4v) is 2.26. The fourth-order valence-electron chi connectivity index (χ4n) is 2.06. The third kappa shape index (κ3) is 5.84. The molecule has 0 atom stereocenters. The predicted molar refractivity (Wildman–Crippen MR) is 96.3 cm³/mol. The number of anilines is 1. The first-order chi connectivity index (χ1) is 12.1. The van der Waals surface area contributed by atoms with E-state index in [2.05, 4.69) is 15.7 Å². The van der Waals surface area contributed by atoms with Crippen LogP contribution in [-0.2, 0) is 15.8 Å². The van der Waals surface area contributed by atoms with Crippen LogP contribution in [0.2, 0.25) is 5.02 Å². The highest BCUT2D eigenvalue weighted by Gasteiger charge is 2.31. The van der Waals surface area contributed by atoms with Crippen molar-refractivity contribution < 1.29 is 22.8 Å². The molecule has 2 aromatic rings. The van der Waals surface area contributed by atoms with Crippen LogP contribution in [0.15, 0.2) is 24.3 Å². The lowest BCUT2D eigenvalue weighted by Crippen LogP contribution is -2.36. The maximum atomic E-state index is 12.9. The second-order valence-corrected chi connectivity index (χ2v) is 5.68. The molecule has 0 spiro atoms. The lowest BCUT2D eigenvalue weighted by molar-refractivity contribution is -0.137. The molecule has 0 bridgehead atoms. The number of nitrogens with zero attached hydrogens (tertiary/aromatic N) is 2. The summed E-state index contributed by atoms with van der Waals surface area (Å²) in [5.41, 5.74) is 4.61. The second kappa shape index (κ2) is 9.07. The van der Waals surface area contributed by atoms with Crippen LogP contribution in [0.5, 0.6) is 0 Å². The van der Waals surface area contributed by atoms with Crippen molar-refractivity contribution >= 4 is 41.6 Å². The zero-order valence-electron chi connectivity index (χ0n) is 13.9. The van der Waals surface area contributed by atoms with Crippen LogP contribution in [0.25, 0.3) is 5.69 Å². The third-order valence-electron chi connectivity index (χ3n) is 3.23. The van der Waals surface area contributed by atoms with Crippen molar-refractivity contribution in [3.8, 4) is 5.69 Å². The molecule has 0 aliphatic rings. The van der Waals surface area contributed by atoms with E-state index in [0.717, 1.165) is 22.9 Å². The van der Waals surface area contributed by atoms with Crippen LogP contribution < -0.4 is 16.4 Å². The van der Waals surface area contributed by atoms with Gasteiger partial charge in [-0.05, 0) is 25.1 Å². The minimum absolute atomic E-state index is 0. The highest BCUT2D eigenvalue weighted by molar-refractivity contribution is 6.32. The van der Waals surface area contributed by atoms with Gasteiger partial charge in [-0.3, -0.25) is 9.59 Å². The number of carbonyl (C=O) groups excluding carboxylic acids is 2. The Balaban J connectivity index is 0.00000364. The highest BCUT2D eigenvalue weighted by Crippen LogP contribution is 2.34. The molecule has 27 heavy (non-hydrogen) atoms. The van der Waals surface area contributed by atoms with Crippen molar-refractivity contribution in [2.24, 2.45) is 5.73 Å². The van der Waals surface area contributed by atoms with E-state index in [0.29, 0.717) is 5.69 Å².